The Hall–Kier alpha value is -0.570. The number of epoxide rings is 1. The van der Waals surface area contributed by atoms with Crippen molar-refractivity contribution in [2.24, 2.45) is 0 Å². The van der Waals surface area contributed by atoms with Crippen LogP contribution in [0.2, 0.25) is 0 Å². The van der Waals surface area contributed by atoms with Crippen LogP contribution < -0.4 is 0 Å². The summed E-state index contributed by atoms with van der Waals surface area (Å²) in [5.74, 6) is -0.226. The van der Waals surface area contributed by atoms with Crippen molar-refractivity contribution in [2.75, 3.05) is 6.61 Å². The van der Waals surface area contributed by atoms with Gasteiger partial charge in [-0.05, 0) is 6.42 Å². The van der Waals surface area contributed by atoms with Crippen molar-refractivity contribution in [3.05, 3.63) is 0 Å². The van der Waals surface area contributed by atoms with E-state index < -0.39 is 0 Å². The lowest BCUT2D eigenvalue weighted by Gasteiger charge is -1.95. The van der Waals surface area contributed by atoms with Gasteiger partial charge in [-0.1, -0.05) is 13.3 Å². The molecule has 0 spiro atoms. The van der Waals surface area contributed by atoms with Crippen molar-refractivity contribution >= 4 is 5.97 Å². The van der Waals surface area contributed by atoms with E-state index in [1.807, 2.05) is 0 Å². The lowest BCUT2D eigenvalue weighted by atomic mass is 10.2. The Morgan fingerprint density at radius 2 is 2.27 bits per heavy atom. The third kappa shape index (κ3) is 2.89. The predicted octanol–water partition coefficient (Wildman–Crippen LogP) is 1.12. The number of hydrogen-bond acceptors (Lipinski definition) is 3. The summed E-state index contributed by atoms with van der Waals surface area (Å²) in [6.07, 6.45) is 2.73. The van der Waals surface area contributed by atoms with Crippen LogP contribution in [0.25, 0.3) is 0 Å². The van der Waals surface area contributed by atoms with E-state index >= 15 is 0 Å². The zero-order chi connectivity index (χ0) is 8.27. The maximum absolute atomic E-state index is 10.4. The Morgan fingerprint density at radius 1 is 1.55 bits per heavy atom. The molecule has 1 fully saturated rings. The predicted molar refractivity (Wildman–Crippen MR) is 40.2 cm³/mol. The smallest absolute Gasteiger partial charge is 0.302 e. The monoisotopic (exact) mass is 158 g/mol. The summed E-state index contributed by atoms with van der Waals surface area (Å²) >= 11 is 0. The molecule has 1 aliphatic rings. The minimum absolute atomic E-state index is 0.179. The number of rotatable bonds is 4. The van der Waals surface area contributed by atoms with Crippen LogP contribution in [0.3, 0.4) is 0 Å². The van der Waals surface area contributed by atoms with Gasteiger partial charge >= 0.3 is 5.97 Å². The lowest BCUT2D eigenvalue weighted by molar-refractivity contribution is -0.141. The average molecular weight is 158 g/mol. The van der Waals surface area contributed by atoms with E-state index in [-0.39, 0.29) is 12.1 Å². The third-order valence-corrected chi connectivity index (χ3v) is 1.71. The quantitative estimate of drug-likeness (QED) is 0.454. The van der Waals surface area contributed by atoms with E-state index in [1.54, 1.807) is 0 Å². The summed E-state index contributed by atoms with van der Waals surface area (Å²) in [7, 11) is 0. The zero-order valence-corrected chi connectivity index (χ0v) is 7.00. The van der Waals surface area contributed by atoms with Gasteiger partial charge in [-0.25, -0.2) is 0 Å². The van der Waals surface area contributed by atoms with Crippen LogP contribution in [0.5, 0.6) is 0 Å². The molecule has 0 aromatic heterocycles. The fourth-order valence-corrected chi connectivity index (χ4v) is 1.06. The molecular formula is C8H14O3. The first-order valence-corrected chi connectivity index (χ1v) is 4.03. The molecule has 0 aromatic carbocycles. The molecule has 1 heterocycles. The molecule has 0 bridgehead atoms. The molecule has 1 aliphatic heterocycles. The molecule has 0 saturated carbocycles. The molecule has 3 nitrogen and oxygen atoms in total. The van der Waals surface area contributed by atoms with Gasteiger partial charge < -0.3 is 9.47 Å². The highest BCUT2D eigenvalue weighted by molar-refractivity contribution is 5.65. The van der Waals surface area contributed by atoms with Crippen LogP contribution >= 0.6 is 0 Å². The van der Waals surface area contributed by atoms with Gasteiger partial charge in [0.1, 0.15) is 12.7 Å². The minimum Gasteiger partial charge on any atom is -0.463 e. The summed E-state index contributed by atoms with van der Waals surface area (Å²) in [6.45, 7) is 3.96. The molecule has 0 N–H and O–H groups in total. The third-order valence-electron chi connectivity index (χ3n) is 1.71. The van der Waals surface area contributed by atoms with Crippen molar-refractivity contribution in [2.45, 2.75) is 38.9 Å². The maximum Gasteiger partial charge on any atom is 0.302 e. The molecule has 0 aromatic rings. The molecule has 11 heavy (non-hydrogen) atoms. The fraction of sp³-hybridized carbons (Fsp3) is 0.875. The topological polar surface area (TPSA) is 38.8 Å². The molecule has 1 rings (SSSR count). The average Bonchev–Trinajstić information content (AvgIpc) is 2.64. The highest BCUT2D eigenvalue weighted by Gasteiger charge is 2.38. The highest BCUT2D eigenvalue weighted by atomic mass is 16.6. The first kappa shape index (κ1) is 8.53. The molecule has 2 unspecified atom stereocenters. The van der Waals surface area contributed by atoms with Crippen LogP contribution in [0.4, 0.5) is 0 Å². The number of esters is 1. The highest BCUT2D eigenvalue weighted by Crippen LogP contribution is 2.26. The normalized spacial score (nSPS) is 28.2. The van der Waals surface area contributed by atoms with Gasteiger partial charge in [0, 0.05) is 6.92 Å². The Morgan fingerprint density at radius 3 is 2.82 bits per heavy atom. The summed E-state index contributed by atoms with van der Waals surface area (Å²) in [4.78, 5) is 10.4. The van der Waals surface area contributed by atoms with E-state index in [4.69, 9.17) is 9.47 Å². The van der Waals surface area contributed by atoms with E-state index in [0.29, 0.717) is 12.7 Å². The summed E-state index contributed by atoms with van der Waals surface area (Å²) in [5, 5.41) is 0. The van der Waals surface area contributed by atoms with Crippen molar-refractivity contribution in [1.29, 1.82) is 0 Å². The van der Waals surface area contributed by atoms with E-state index in [1.165, 1.54) is 6.92 Å². The number of carbonyl (C=O) groups excluding carboxylic acids is 1. The Kier molecular flexibility index (Phi) is 2.88. The second-order valence-electron chi connectivity index (χ2n) is 2.80. The number of carbonyl (C=O) groups is 1. The zero-order valence-electron chi connectivity index (χ0n) is 7.00. The first-order valence-electron chi connectivity index (χ1n) is 4.03. The first-order chi connectivity index (χ1) is 5.24. The molecule has 2 atom stereocenters. The fourth-order valence-electron chi connectivity index (χ4n) is 1.06. The molecule has 0 amide bonds. The van der Waals surface area contributed by atoms with Crippen LogP contribution in [0.15, 0.2) is 0 Å². The van der Waals surface area contributed by atoms with Crippen LogP contribution in [0.1, 0.15) is 26.7 Å². The lowest BCUT2D eigenvalue weighted by Crippen LogP contribution is -2.08. The Bertz CT molecular complexity index is 144. The second kappa shape index (κ2) is 3.72. The van der Waals surface area contributed by atoms with Crippen molar-refractivity contribution in [1.82, 2.24) is 0 Å². The molecule has 0 aliphatic carbocycles. The van der Waals surface area contributed by atoms with E-state index in [2.05, 4.69) is 6.92 Å². The van der Waals surface area contributed by atoms with Crippen LogP contribution in [0, 0.1) is 0 Å². The van der Waals surface area contributed by atoms with Gasteiger partial charge in [0.2, 0.25) is 0 Å². The van der Waals surface area contributed by atoms with Gasteiger partial charge in [-0.15, -0.1) is 0 Å². The van der Waals surface area contributed by atoms with E-state index in [0.717, 1.165) is 12.8 Å². The van der Waals surface area contributed by atoms with Gasteiger partial charge in [0.25, 0.3) is 0 Å². The van der Waals surface area contributed by atoms with Gasteiger partial charge in [0.15, 0.2) is 0 Å². The number of hydrogen-bond donors (Lipinski definition) is 0. The second-order valence-corrected chi connectivity index (χ2v) is 2.80. The van der Waals surface area contributed by atoms with Gasteiger partial charge in [0.05, 0.1) is 6.10 Å². The van der Waals surface area contributed by atoms with Crippen LogP contribution in [-0.4, -0.2) is 24.8 Å². The molecule has 3 heteroatoms. The molecule has 64 valence electrons. The molecular weight excluding hydrogens is 144 g/mol. The van der Waals surface area contributed by atoms with Gasteiger partial charge in [-0.2, -0.15) is 0 Å². The SMILES string of the molecule is CCCC1OC1COC(C)=O. The summed E-state index contributed by atoms with van der Waals surface area (Å²) in [6, 6.07) is 0. The summed E-state index contributed by atoms with van der Waals surface area (Å²) < 4.78 is 10.0. The Balaban J connectivity index is 2.00. The Labute approximate surface area is 66.7 Å². The van der Waals surface area contributed by atoms with Gasteiger partial charge in [-0.3, -0.25) is 4.79 Å². The van der Waals surface area contributed by atoms with E-state index in [9.17, 15) is 4.79 Å². The molecule has 0 radical (unpaired) electrons. The van der Waals surface area contributed by atoms with Crippen molar-refractivity contribution in [3.8, 4) is 0 Å². The van der Waals surface area contributed by atoms with Crippen molar-refractivity contribution in [3.63, 3.8) is 0 Å². The largest absolute Gasteiger partial charge is 0.463 e. The number of ether oxygens (including phenoxy) is 2. The van der Waals surface area contributed by atoms with Crippen molar-refractivity contribution < 1.29 is 14.3 Å². The van der Waals surface area contributed by atoms with Crippen LogP contribution in [-0.2, 0) is 14.3 Å². The molecule has 1 saturated heterocycles. The minimum atomic E-state index is -0.226. The standard InChI is InChI=1S/C8H14O3/c1-3-4-7-8(11-7)5-10-6(2)9/h7-8H,3-5H2,1-2H3. The summed E-state index contributed by atoms with van der Waals surface area (Å²) in [5.41, 5.74) is 0. The maximum atomic E-state index is 10.4.